The zero-order valence-electron chi connectivity index (χ0n) is 7.19. The predicted octanol–water partition coefficient (Wildman–Crippen LogP) is 2.22. The van der Waals surface area contributed by atoms with E-state index < -0.39 is 5.38 Å². The number of Topliss-reactive ketones (excluding diaryl/α,β-unsaturated/α-hetero) is 1. The maximum atomic E-state index is 10.6. The van der Waals surface area contributed by atoms with Crippen LogP contribution in [0, 0.1) is 0 Å². The summed E-state index contributed by atoms with van der Waals surface area (Å²) in [5.74, 6) is 0.606. The Morgan fingerprint density at radius 1 is 1.50 bits per heavy atom. The highest BCUT2D eigenvalue weighted by atomic mass is 35.5. The van der Waals surface area contributed by atoms with Crippen LogP contribution in [-0.4, -0.2) is 30.3 Å². The maximum Gasteiger partial charge on any atom is 0.149 e. The monoisotopic (exact) mass is 212 g/mol. The first-order valence-electron chi connectivity index (χ1n) is 3.96. The first kappa shape index (κ1) is 12.2. The van der Waals surface area contributed by atoms with E-state index >= 15 is 0 Å². The Morgan fingerprint density at radius 2 is 2.17 bits per heavy atom. The molecule has 72 valence electrons. The minimum Gasteiger partial charge on any atom is -0.379 e. The average Bonchev–Trinajstić information content (AvgIpc) is 2.03. The highest BCUT2D eigenvalue weighted by Crippen LogP contribution is 1.99. The van der Waals surface area contributed by atoms with E-state index in [1.54, 1.807) is 0 Å². The molecule has 12 heavy (non-hydrogen) atoms. The normalized spacial score (nSPS) is 12.9. The van der Waals surface area contributed by atoms with Gasteiger partial charge in [-0.05, 0) is 19.8 Å². The van der Waals surface area contributed by atoms with E-state index in [4.69, 9.17) is 27.9 Å². The van der Waals surface area contributed by atoms with Gasteiger partial charge in [0.15, 0.2) is 0 Å². The van der Waals surface area contributed by atoms with Crippen LogP contribution in [0.1, 0.15) is 19.8 Å². The number of unbranched alkanes of at least 4 members (excludes halogenated alkanes) is 1. The summed E-state index contributed by atoms with van der Waals surface area (Å²) in [6, 6.07) is 0. The van der Waals surface area contributed by atoms with Crippen molar-refractivity contribution in [2.75, 3.05) is 19.1 Å². The van der Waals surface area contributed by atoms with Crippen LogP contribution in [0.3, 0.4) is 0 Å². The smallest absolute Gasteiger partial charge is 0.149 e. The molecule has 0 aromatic rings. The number of carbonyl (C=O) groups excluding carboxylic acids is 1. The molecular weight excluding hydrogens is 199 g/mol. The van der Waals surface area contributed by atoms with Crippen LogP contribution in [0.5, 0.6) is 0 Å². The van der Waals surface area contributed by atoms with Crippen molar-refractivity contribution in [2.45, 2.75) is 25.1 Å². The fraction of sp³-hybridized carbons (Fsp3) is 0.875. The van der Waals surface area contributed by atoms with Crippen molar-refractivity contribution < 1.29 is 9.53 Å². The van der Waals surface area contributed by atoms with Gasteiger partial charge in [-0.15, -0.1) is 23.2 Å². The first-order valence-corrected chi connectivity index (χ1v) is 4.93. The Balaban J connectivity index is 3.14. The Kier molecular flexibility index (Phi) is 7.98. The van der Waals surface area contributed by atoms with E-state index in [0.29, 0.717) is 19.1 Å². The van der Waals surface area contributed by atoms with Gasteiger partial charge in [0.25, 0.3) is 0 Å². The number of hydrogen-bond donors (Lipinski definition) is 0. The van der Waals surface area contributed by atoms with Crippen molar-refractivity contribution in [3.63, 3.8) is 0 Å². The van der Waals surface area contributed by atoms with Crippen molar-refractivity contribution in [1.29, 1.82) is 0 Å². The van der Waals surface area contributed by atoms with E-state index in [2.05, 4.69) is 0 Å². The Hall–Kier alpha value is 0.210. The molecule has 0 bridgehead atoms. The van der Waals surface area contributed by atoms with Crippen molar-refractivity contribution >= 4 is 29.0 Å². The lowest BCUT2D eigenvalue weighted by Gasteiger charge is -2.05. The highest BCUT2D eigenvalue weighted by molar-refractivity contribution is 6.30. The average molecular weight is 213 g/mol. The largest absolute Gasteiger partial charge is 0.379 e. The van der Waals surface area contributed by atoms with Crippen molar-refractivity contribution in [3.8, 4) is 0 Å². The van der Waals surface area contributed by atoms with Crippen LogP contribution in [0.2, 0.25) is 0 Å². The maximum absolute atomic E-state index is 10.6. The molecule has 2 nitrogen and oxygen atoms in total. The Labute approximate surface area is 83.2 Å². The molecule has 0 saturated heterocycles. The van der Waals surface area contributed by atoms with Gasteiger partial charge < -0.3 is 4.74 Å². The van der Waals surface area contributed by atoms with Gasteiger partial charge >= 0.3 is 0 Å². The topological polar surface area (TPSA) is 26.3 Å². The quantitative estimate of drug-likeness (QED) is 0.478. The lowest BCUT2D eigenvalue weighted by Crippen LogP contribution is -2.17. The van der Waals surface area contributed by atoms with E-state index in [9.17, 15) is 4.79 Å². The van der Waals surface area contributed by atoms with Gasteiger partial charge in [-0.3, -0.25) is 4.79 Å². The summed E-state index contributed by atoms with van der Waals surface area (Å²) < 4.78 is 5.15. The van der Waals surface area contributed by atoms with Crippen molar-refractivity contribution in [1.82, 2.24) is 0 Å². The summed E-state index contributed by atoms with van der Waals surface area (Å²) in [5, 5.41) is -0.499. The molecule has 0 aliphatic heterocycles. The number of halogens is 2. The number of ketones is 1. The summed E-state index contributed by atoms with van der Waals surface area (Å²) in [4.78, 5) is 10.6. The van der Waals surface area contributed by atoms with E-state index in [0.717, 1.165) is 12.8 Å². The number of carbonyl (C=O) groups is 1. The van der Waals surface area contributed by atoms with Crippen LogP contribution in [0.4, 0.5) is 0 Å². The predicted molar refractivity (Wildman–Crippen MR) is 51.1 cm³/mol. The molecule has 0 rings (SSSR count). The third kappa shape index (κ3) is 6.89. The molecule has 4 heteroatoms. The number of rotatable bonds is 7. The molecular formula is C8H14Cl2O2. The third-order valence-corrected chi connectivity index (χ3v) is 2.08. The molecule has 1 atom stereocenters. The van der Waals surface area contributed by atoms with E-state index in [1.165, 1.54) is 6.92 Å². The zero-order valence-corrected chi connectivity index (χ0v) is 8.70. The Bertz CT molecular complexity index is 128. The third-order valence-electron chi connectivity index (χ3n) is 1.38. The van der Waals surface area contributed by atoms with Gasteiger partial charge in [-0.2, -0.15) is 0 Å². The summed E-state index contributed by atoms with van der Waals surface area (Å²) in [5.41, 5.74) is 0. The molecule has 0 heterocycles. The second-order valence-electron chi connectivity index (χ2n) is 2.55. The number of alkyl halides is 2. The lowest BCUT2D eigenvalue weighted by molar-refractivity contribution is -0.117. The van der Waals surface area contributed by atoms with Crippen LogP contribution >= 0.6 is 23.2 Å². The van der Waals surface area contributed by atoms with Gasteiger partial charge in [0, 0.05) is 12.5 Å². The summed E-state index contributed by atoms with van der Waals surface area (Å²) in [6.07, 6.45) is 1.86. The molecule has 0 aliphatic rings. The van der Waals surface area contributed by atoms with Gasteiger partial charge in [0.2, 0.25) is 0 Å². The molecule has 0 aliphatic carbocycles. The molecule has 0 saturated carbocycles. The molecule has 0 aromatic carbocycles. The van der Waals surface area contributed by atoms with Gasteiger partial charge in [-0.25, -0.2) is 0 Å². The molecule has 0 spiro atoms. The molecule has 0 radical (unpaired) electrons. The van der Waals surface area contributed by atoms with E-state index in [-0.39, 0.29) is 5.78 Å². The standard InChI is InChI=1S/C8H14Cl2O2/c1-7(11)8(10)6-12-5-3-2-4-9/h8H,2-6H2,1H3. The minimum absolute atomic E-state index is 0.0472. The second kappa shape index (κ2) is 7.84. The van der Waals surface area contributed by atoms with Crippen LogP contribution in [0.25, 0.3) is 0 Å². The Morgan fingerprint density at radius 3 is 2.67 bits per heavy atom. The minimum atomic E-state index is -0.499. The summed E-state index contributed by atoms with van der Waals surface area (Å²) in [7, 11) is 0. The van der Waals surface area contributed by atoms with E-state index in [1.807, 2.05) is 0 Å². The van der Waals surface area contributed by atoms with Crippen molar-refractivity contribution in [3.05, 3.63) is 0 Å². The molecule has 0 fully saturated rings. The van der Waals surface area contributed by atoms with Gasteiger partial charge in [0.05, 0.1) is 6.61 Å². The highest BCUT2D eigenvalue weighted by Gasteiger charge is 2.08. The summed E-state index contributed by atoms with van der Waals surface area (Å²) >= 11 is 11.1. The molecule has 0 amide bonds. The number of hydrogen-bond acceptors (Lipinski definition) is 2. The van der Waals surface area contributed by atoms with Gasteiger partial charge in [0.1, 0.15) is 11.2 Å². The molecule has 0 N–H and O–H groups in total. The lowest BCUT2D eigenvalue weighted by atomic mass is 10.3. The number of ether oxygens (including phenoxy) is 1. The first-order chi connectivity index (χ1) is 5.68. The summed E-state index contributed by atoms with van der Waals surface area (Å²) in [6.45, 7) is 2.39. The van der Waals surface area contributed by atoms with Gasteiger partial charge in [-0.1, -0.05) is 0 Å². The van der Waals surface area contributed by atoms with Crippen molar-refractivity contribution in [2.24, 2.45) is 0 Å². The fourth-order valence-corrected chi connectivity index (χ4v) is 0.881. The van der Waals surface area contributed by atoms with Crippen LogP contribution in [0.15, 0.2) is 0 Å². The molecule has 1 unspecified atom stereocenters. The SMILES string of the molecule is CC(=O)C(Cl)COCCCCCl. The zero-order chi connectivity index (χ0) is 9.40. The second-order valence-corrected chi connectivity index (χ2v) is 3.45. The van der Waals surface area contributed by atoms with Crippen LogP contribution < -0.4 is 0 Å². The van der Waals surface area contributed by atoms with Crippen LogP contribution in [-0.2, 0) is 9.53 Å². The molecule has 0 aromatic heterocycles. The fourth-order valence-electron chi connectivity index (χ4n) is 0.603.